The van der Waals surface area contributed by atoms with Gasteiger partial charge in [0.25, 0.3) is 0 Å². The molecule has 0 spiro atoms. The van der Waals surface area contributed by atoms with Crippen molar-refractivity contribution in [2.75, 3.05) is 20.8 Å². The molecule has 4 nitrogen and oxygen atoms in total. The zero-order chi connectivity index (χ0) is 23.8. The standard InChI is InChI=1S/C27H33NO3.I2/c1-27-15-23(17-4-8-20(9-5-17)31-16-28(2)3)26-21-11-7-19(29)14-18(21)6-10-22(26)24(27)12-13-25(27)30;1-2/h4-5,7-9,11,14,22-24,26,29H,6,10,12-13,15-16H2,1-3H3;/t22?,23-,24?,26?,27+;/m1./s1. The van der Waals surface area contributed by atoms with Crippen molar-refractivity contribution in [3.8, 4) is 11.5 Å². The van der Waals surface area contributed by atoms with Crippen LogP contribution in [0.5, 0.6) is 11.5 Å². The highest BCUT2D eigenvalue weighted by Gasteiger charge is 2.57. The molecule has 0 amide bonds. The molecule has 0 heterocycles. The minimum atomic E-state index is -0.208. The average molecular weight is 673 g/mol. The molecule has 2 aromatic rings. The molecule has 0 radical (unpaired) electrons. The Bertz CT molecular complexity index is 993. The monoisotopic (exact) mass is 673 g/mol. The summed E-state index contributed by atoms with van der Waals surface area (Å²) in [7, 11) is 3.98. The van der Waals surface area contributed by atoms with Gasteiger partial charge in [0.2, 0.25) is 0 Å². The number of carbonyl (C=O) groups is 1. The molecule has 3 aliphatic carbocycles. The van der Waals surface area contributed by atoms with Crippen LogP contribution in [0.2, 0.25) is 0 Å². The number of aromatic hydroxyl groups is 1. The number of hydrogen-bond acceptors (Lipinski definition) is 4. The molecule has 3 unspecified atom stereocenters. The van der Waals surface area contributed by atoms with Crippen molar-refractivity contribution >= 4 is 43.0 Å². The molecule has 6 heteroatoms. The van der Waals surface area contributed by atoms with Crippen LogP contribution in [0.3, 0.4) is 0 Å². The van der Waals surface area contributed by atoms with Gasteiger partial charge in [-0.2, -0.15) is 0 Å². The number of phenols is 1. The van der Waals surface area contributed by atoms with Gasteiger partial charge in [0, 0.05) is 49.1 Å². The fourth-order valence-corrected chi connectivity index (χ4v) is 6.81. The normalized spacial score (nSPS) is 30.1. The number of ether oxygens (including phenoxy) is 1. The molecule has 0 aromatic heterocycles. The van der Waals surface area contributed by atoms with Gasteiger partial charge in [-0.3, -0.25) is 9.69 Å². The Morgan fingerprint density at radius 3 is 2.52 bits per heavy atom. The van der Waals surface area contributed by atoms with E-state index in [0.29, 0.717) is 41.9 Å². The van der Waals surface area contributed by atoms with Crippen LogP contribution in [-0.4, -0.2) is 36.6 Å². The summed E-state index contributed by atoms with van der Waals surface area (Å²) in [6.07, 6.45) is 4.78. The topological polar surface area (TPSA) is 49.8 Å². The first-order valence-corrected chi connectivity index (χ1v) is 18.0. The molecule has 3 aliphatic rings. The number of carbonyl (C=O) groups excluding carboxylic acids is 1. The van der Waals surface area contributed by atoms with Gasteiger partial charge in [-0.1, -0.05) is 25.1 Å². The van der Waals surface area contributed by atoms with Crippen molar-refractivity contribution in [3.63, 3.8) is 0 Å². The van der Waals surface area contributed by atoms with Gasteiger partial charge >= 0.3 is 0 Å². The van der Waals surface area contributed by atoms with Crippen molar-refractivity contribution in [2.24, 2.45) is 17.3 Å². The van der Waals surface area contributed by atoms with Crippen molar-refractivity contribution in [3.05, 3.63) is 59.2 Å². The van der Waals surface area contributed by atoms with Crippen LogP contribution in [0.25, 0.3) is 0 Å². The Balaban J connectivity index is 0.00000126. The highest BCUT2D eigenvalue weighted by Crippen LogP contribution is 2.64. The summed E-state index contributed by atoms with van der Waals surface area (Å²) in [6, 6.07) is 14.5. The third kappa shape index (κ3) is 4.81. The van der Waals surface area contributed by atoms with Crippen LogP contribution < -0.4 is 4.74 Å². The van der Waals surface area contributed by atoms with Gasteiger partial charge in [0.05, 0.1) is 0 Å². The number of hydrogen-bond donors (Lipinski definition) is 1. The molecule has 0 saturated heterocycles. The lowest BCUT2D eigenvalue weighted by Gasteiger charge is -2.52. The summed E-state index contributed by atoms with van der Waals surface area (Å²) in [5.74, 6) is 3.40. The highest BCUT2D eigenvalue weighted by molar-refractivity contribution is 15.0. The maximum Gasteiger partial charge on any atom is 0.141 e. The Hall–Kier alpha value is -0.870. The van der Waals surface area contributed by atoms with Gasteiger partial charge in [0.15, 0.2) is 0 Å². The van der Waals surface area contributed by atoms with E-state index in [1.54, 1.807) is 0 Å². The lowest BCUT2D eigenvalue weighted by Crippen LogP contribution is -2.45. The zero-order valence-corrected chi connectivity index (χ0v) is 23.9. The smallest absolute Gasteiger partial charge is 0.141 e. The highest BCUT2D eigenvalue weighted by atomic mass is 128. The van der Waals surface area contributed by atoms with Crippen molar-refractivity contribution in [1.82, 2.24) is 4.90 Å². The van der Waals surface area contributed by atoms with Crippen LogP contribution in [-0.2, 0) is 11.2 Å². The molecule has 5 rings (SSSR count). The Morgan fingerprint density at radius 1 is 1.09 bits per heavy atom. The molecule has 2 saturated carbocycles. The van der Waals surface area contributed by atoms with E-state index >= 15 is 0 Å². The second kappa shape index (κ2) is 10.4. The van der Waals surface area contributed by atoms with Crippen LogP contribution in [0.4, 0.5) is 0 Å². The minimum absolute atomic E-state index is 0.208. The molecule has 5 atom stereocenters. The van der Waals surface area contributed by atoms with E-state index in [1.807, 2.05) is 31.1 Å². The summed E-state index contributed by atoms with van der Waals surface area (Å²) in [5, 5.41) is 10.1. The lowest BCUT2D eigenvalue weighted by molar-refractivity contribution is -0.130. The summed E-state index contributed by atoms with van der Waals surface area (Å²) < 4.78 is 5.84. The Morgan fingerprint density at radius 2 is 1.82 bits per heavy atom. The number of rotatable bonds is 4. The fourth-order valence-electron chi connectivity index (χ4n) is 6.81. The summed E-state index contributed by atoms with van der Waals surface area (Å²) in [5.41, 5.74) is 3.76. The molecule has 0 aliphatic heterocycles. The maximum absolute atomic E-state index is 13.0. The molecule has 178 valence electrons. The third-order valence-corrected chi connectivity index (χ3v) is 8.22. The molecule has 33 heavy (non-hydrogen) atoms. The van der Waals surface area contributed by atoms with Gasteiger partial charge in [-0.25, -0.2) is 0 Å². The summed E-state index contributed by atoms with van der Waals surface area (Å²) in [6.45, 7) is 2.79. The quantitative estimate of drug-likeness (QED) is 0.284. The number of benzene rings is 2. The number of fused-ring (bicyclic) bond motifs is 5. The number of ketones is 1. The summed E-state index contributed by atoms with van der Waals surface area (Å²) in [4.78, 5) is 15.0. The molecule has 2 aromatic carbocycles. The lowest BCUT2D eigenvalue weighted by atomic mass is 9.51. The van der Waals surface area contributed by atoms with E-state index < -0.39 is 0 Å². The number of phenolic OH excluding ortho intramolecular Hbond substituents is 1. The first-order chi connectivity index (χ1) is 15.9. The van der Waals surface area contributed by atoms with E-state index in [0.717, 1.165) is 37.9 Å². The fraction of sp³-hybridized carbons (Fsp3) is 0.519. The van der Waals surface area contributed by atoms with Crippen LogP contribution in [0.15, 0.2) is 42.5 Å². The second-order valence-corrected chi connectivity index (χ2v) is 10.3. The largest absolute Gasteiger partial charge is 0.508 e. The van der Waals surface area contributed by atoms with E-state index in [9.17, 15) is 9.90 Å². The average Bonchev–Trinajstić information content (AvgIpc) is 3.12. The van der Waals surface area contributed by atoms with Crippen LogP contribution in [0.1, 0.15) is 61.1 Å². The molecule has 2 fully saturated rings. The van der Waals surface area contributed by atoms with Crippen molar-refractivity contribution in [1.29, 1.82) is 0 Å². The van der Waals surface area contributed by atoms with E-state index in [-0.39, 0.29) is 5.41 Å². The van der Waals surface area contributed by atoms with Gasteiger partial charge < -0.3 is 9.84 Å². The molecular formula is C27H33I2NO3. The maximum atomic E-state index is 13.0. The third-order valence-electron chi connectivity index (χ3n) is 8.22. The number of halogens is 2. The first-order valence-electron chi connectivity index (χ1n) is 11.7. The number of aryl methyl sites for hydroxylation is 1. The van der Waals surface area contributed by atoms with E-state index in [2.05, 4.69) is 74.5 Å². The van der Waals surface area contributed by atoms with Gasteiger partial charge in [-0.15, -0.1) is 0 Å². The Labute approximate surface area is 220 Å². The van der Waals surface area contributed by atoms with E-state index in [4.69, 9.17) is 4.74 Å². The SMILES string of the molecule is CN(C)COc1ccc([C@H]2C[C@]3(C)C(=O)CCC3C3CCc4cc(O)ccc4C32)cc1.II. The zero-order valence-electron chi connectivity index (χ0n) is 19.6. The molecule has 0 bridgehead atoms. The second-order valence-electron chi connectivity index (χ2n) is 10.3. The van der Waals surface area contributed by atoms with E-state index in [1.165, 1.54) is 16.7 Å². The molecular weight excluding hydrogens is 640 g/mol. The van der Waals surface area contributed by atoms with Crippen LogP contribution >= 0.6 is 37.2 Å². The summed E-state index contributed by atoms with van der Waals surface area (Å²) >= 11 is 4.24. The molecule has 1 N–H and O–H groups in total. The van der Waals surface area contributed by atoms with Crippen molar-refractivity contribution in [2.45, 2.75) is 50.9 Å². The number of Topliss-reactive ketones (excluding diaryl/α,β-unsaturated/α-hetero) is 1. The Kier molecular flexibility index (Phi) is 7.95. The van der Waals surface area contributed by atoms with Crippen LogP contribution in [0, 0.1) is 17.3 Å². The predicted molar refractivity (Wildman–Crippen MR) is 150 cm³/mol. The first kappa shape index (κ1) is 25.2. The number of nitrogens with zero attached hydrogens (tertiary/aromatic N) is 1. The predicted octanol–water partition coefficient (Wildman–Crippen LogP) is 6.88. The minimum Gasteiger partial charge on any atom is -0.508 e. The van der Waals surface area contributed by atoms with Gasteiger partial charge in [-0.05, 0) is 104 Å². The van der Waals surface area contributed by atoms with Gasteiger partial charge in [0.1, 0.15) is 24.0 Å². The van der Waals surface area contributed by atoms with Crippen molar-refractivity contribution < 1.29 is 14.6 Å².